The first-order valence-electron chi connectivity index (χ1n) is 10.8. The molecular formula is C23H27N3O7. The van der Waals surface area contributed by atoms with Gasteiger partial charge in [0.15, 0.2) is 5.75 Å². The van der Waals surface area contributed by atoms with Crippen LogP contribution >= 0.6 is 0 Å². The molecule has 33 heavy (non-hydrogen) atoms. The standard InChI is InChI=1S/C23H27N3O7/c1-3-11-33-23(28)18-15-17(6-7-19(18)25-9-12-31-13-10-25)24-22(27)16-5-8-21(32-4-2)20(14-16)26(29)30/h5-8,14-15H,3-4,9-13H2,1-2H3,(H,24,27). The van der Waals surface area contributed by atoms with E-state index in [0.29, 0.717) is 49.7 Å². The molecule has 0 radical (unpaired) electrons. The monoisotopic (exact) mass is 457 g/mol. The summed E-state index contributed by atoms with van der Waals surface area (Å²) in [5, 5.41) is 14.1. The number of nitrogens with zero attached hydrogens (tertiary/aromatic N) is 2. The highest BCUT2D eigenvalue weighted by Crippen LogP contribution is 2.29. The van der Waals surface area contributed by atoms with Crippen molar-refractivity contribution < 1.29 is 28.7 Å². The summed E-state index contributed by atoms with van der Waals surface area (Å²) in [6.07, 6.45) is 0.686. The number of esters is 1. The van der Waals surface area contributed by atoms with Crippen molar-refractivity contribution in [1.29, 1.82) is 0 Å². The minimum Gasteiger partial charge on any atom is -0.487 e. The van der Waals surface area contributed by atoms with Crippen molar-refractivity contribution >= 4 is 28.9 Å². The van der Waals surface area contributed by atoms with Gasteiger partial charge in [0, 0.05) is 30.4 Å². The molecule has 0 saturated carbocycles. The third-order valence-electron chi connectivity index (χ3n) is 4.98. The molecule has 0 spiro atoms. The maximum absolute atomic E-state index is 12.8. The van der Waals surface area contributed by atoms with E-state index in [1.54, 1.807) is 25.1 Å². The Balaban J connectivity index is 1.86. The second-order valence-electron chi connectivity index (χ2n) is 7.29. The van der Waals surface area contributed by atoms with Crippen LogP contribution in [0.5, 0.6) is 5.75 Å². The normalized spacial score (nSPS) is 13.3. The van der Waals surface area contributed by atoms with E-state index < -0.39 is 16.8 Å². The van der Waals surface area contributed by atoms with E-state index in [9.17, 15) is 19.7 Å². The van der Waals surface area contributed by atoms with Crippen molar-refractivity contribution in [3.05, 3.63) is 57.6 Å². The molecule has 1 heterocycles. The lowest BCUT2D eigenvalue weighted by Gasteiger charge is -2.30. The van der Waals surface area contributed by atoms with Crippen molar-refractivity contribution in [1.82, 2.24) is 0 Å². The molecule has 10 nitrogen and oxygen atoms in total. The Morgan fingerprint density at radius 3 is 2.58 bits per heavy atom. The van der Waals surface area contributed by atoms with Crippen LogP contribution < -0.4 is 15.0 Å². The van der Waals surface area contributed by atoms with Gasteiger partial charge in [-0.15, -0.1) is 0 Å². The van der Waals surface area contributed by atoms with Crippen molar-refractivity contribution in [2.75, 3.05) is 49.7 Å². The van der Waals surface area contributed by atoms with Crippen LogP contribution in [0.2, 0.25) is 0 Å². The summed E-state index contributed by atoms with van der Waals surface area (Å²) >= 11 is 0. The summed E-state index contributed by atoms with van der Waals surface area (Å²) in [7, 11) is 0. The van der Waals surface area contributed by atoms with E-state index in [1.165, 1.54) is 18.2 Å². The summed E-state index contributed by atoms with van der Waals surface area (Å²) in [5.74, 6) is -0.936. The topological polar surface area (TPSA) is 120 Å². The number of rotatable bonds is 9. The molecular weight excluding hydrogens is 430 g/mol. The number of anilines is 2. The molecule has 0 atom stereocenters. The van der Waals surface area contributed by atoms with E-state index >= 15 is 0 Å². The van der Waals surface area contributed by atoms with E-state index in [-0.39, 0.29) is 30.2 Å². The molecule has 10 heteroatoms. The molecule has 1 aliphatic rings. The molecule has 2 aromatic carbocycles. The van der Waals surface area contributed by atoms with Gasteiger partial charge in [0.05, 0.1) is 42.6 Å². The second kappa shape index (κ2) is 11.3. The first-order chi connectivity index (χ1) is 15.9. The fourth-order valence-corrected chi connectivity index (χ4v) is 3.41. The summed E-state index contributed by atoms with van der Waals surface area (Å²) in [6, 6.07) is 9.01. The maximum atomic E-state index is 12.8. The number of nitro benzene ring substituents is 1. The summed E-state index contributed by atoms with van der Waals surface area (Å²) < 4.78 is 16.0. The Hall–Kier alpha value is -3.66. The fourth-order valence-electron chi connectivity index (χ4n) is 3.41. The Kier molecular flexibility index (Phi) is 8.20. The number of amides is 1. The highest BCUT2D eigenvalue weighted by Gasteiger charge is 2.22. The number of carbonyl (C=O) groups excluding carboxylic acids is 2. The van der Waals surface area contributed by atoms with Crippen molar-refractivity contribution in [2.24, 2.45) is 0 Å². The van der Waals surface area contributed by atoms with Crippen molar-refractivity contribution in [2.45, 2.75) is 20.3 Å². The number of hydrogen-bond acceptors (Lipinski definition) is 8. The molecule has 1 N–H and O–H groups in total. The number of nitrogens with one attached hydrogen (secondary N) is 1. The molecule has 1 fully saturated rings. The summed E-state index contributed by atoms with van der Waals surface area (Å²) in [4.78, 5) is 38.3. The van der Waals surface area contributed by atoms with Crippen LogP contribution in [0.15, 0.2) is 36.4 Å². The predicted molar refractivity (Wildman–Crippen MR) is 122 cm³/mol. The molecule has 0 unspecified atom stereocenters. The second-order valence-corrected chi connectivity index (χ2v) is 7.29. The Labute approximate surface area is 191 Å². The van der Waals surface area contributed by atoms with Crippen LogP contribution in [0, 0.1) is 10.1 Å². The lowest BCUT2D eigenvalue weighted by atomic mass is 10.1. The fraction of sp³-hybridized carbons (Fsp3) is 0.391. The average molecular weight is 457 g/mol. The molecule has 1 saturated heterocycles. The van der Waals surface area contributed by atoms with Gasteiger partial charge in [0.2, 0.25) is 0 Å². The quantitative estimate of drug-likeness (QED) is 0.344. The van der Waals surface area contributed by atoms with Gasteiger partial charge in [-0.25, -0.2) is 4.79 Å². The molecule has 2 aromatic rings. The number of nitro groups is 1. The number of hydrogen-bond donors (Lipinski definition) is 1. The average Bonchev–Trinajstić information content (AvgIpc) is 2.83. The van der Waals surface area contributed by atoms with Gasteiger partial charge in [-0.3, -0.25) is 14.9 Å². The van der Waals surface area contributed by atoms with Crippen molar-refractivity contribution in [3.8, 4) is 5.75 Å². The first-order valence-corrected chi connectivity index (χ1v) is 10.8. The zero-order valence-electron chi connectivity index (χ0n) is 18.7. The van der Waals surface area contributed by atoms with E-state index in [2.05, 4.69) is 5.32 Å². The third-order valence-corrected chi connectivity index (χ3v) is 4.98. The molecule has 1 aliphatic heterocycles. The van der Waals surface area contributed by atoms with Crippen LogP contribution in [0.1, 0.15) is 41.0 Å². The zero-order chi connectivity index (χ0) is 23.8. The van der Waals surface area contributed by atoms with Gasteiger partial charge in [0.1, 0.15) is 0 Å². The van der Waals surface area contributed by atoms with Gasteiger partial charge >= 0.3 is 11.7 Å². The lowest BCUT2D eigenvalue weighted by molar-refractivity contribution is -0.385. The minimum atomic E-state index is -0.596. The Morgan fingerprint density at radius 1 is 1.15 bits per heavy atom. The van der Waals surface area contributed by atoms with E-state index in [0.717, 1.165) is 0 Å². The van der Waals surface area contributed by atoms with E-state index in [1.807, 2.05) is 11.8 Å². The first kappa shape index (κ1) is 24.0. The maximum Gasteiger partial charge on any atom is 0.340 e. The highest BCUT2D eigenvalue weighted by atomic mass is 16.6. The molecule has 0 aromatic heterocycles. The predicted octanol–water partition coefficient (Wildman–Crippen LogP) is 3.65. The van der Waals surface area contributed by atoms with Gasteiger partial charge in [0.25, 0.3) is 5.91 Å². The van der Waals surface area contributed by atoms with Crippen LogP contribution in [0.25, 0.3) is 0 Å². The SMILES string of the molecule is CCCOC(=O)c1cc(NC(=O)c2ccc(OCC)c([N+](=O)[O-])c2)ccc1N1CCOCC1. The number of morpholine rings is 1. The zero-order valence-corrected chi connectivity index (χ0v) is 18.7. The Bertz CT molecular complexity index is 1020. The molecule has 0 bridgehead atoms. The van der Waals surface area contributed by atoms with Crippen LogP contribution in [0.4, 0.5) is 17.1 Å². The van der Waals surface area contributed by atoms with Gasteiger partial charge in [-0.1, -0.05) is 6.92 Å². The lowest BCUT2D eigenvalue weighted by Crippen LogP contribution is -2.37. The molecule has 176 valence electrons. The van der Waals surface area contributed by atoms with Gasteiger partial charge < -0.3 is 24.4 Å². The van der Waals surface area contributed by atoms with E-state index in [4.69, 9.17) is 14.2 Å². The third kappa shape index (κ3) is 5.98. The molecule has 0 aliphatic carbocycles. The van der Waals surface area contributed by atoms with Crippen LogP contribution in [-0.4, -0.2) is 56.3 Å². The highest BCUT2D eigenvalue weighted by molar-refractivity contribution is 6.06. The summed E-state index contributed by atoms with van der Waals surface area (Å²) in [5.41, 5.74) is 1.21. The van der Waals surface area contributed by atoms with Gasteiger partial charge in [-0.2, -0.15) is 0 Å². The summed E-state index contributed by atoms with van der Waals surface area (Å²) in [6.45, 7) is 6.55. The molecule has 1 amide bonds. The van der Waals surface area contributed by atoms with Crippen molar-refractivity contribution in [3.63, 3.8) is 0 Å². The number of ether oxygens (including phenoxy) is 3. The largest absolute Gasteiger partial charge is 0.487 e. The molecule has 3 rings (SSSR count). The number of carbonyl (C=O) groups is 2. The van der Waals surface area contributed by atoms with Gasteiger partial charge in [-0.05, 0) is 43.7 Å². The smallest absolute Gasteiger partial charge is 0.340 e. The Morgan fingerprint density at radius 2 is 1.91 bits per heavy atom. The van der Waals surface area contributed by atoms with Crippen LogP contribution in [0.3, 0.4) is 0 Å². The minimum absolute atomic E-state index is 0.0925. The van der Waals surface area contributed by atoms with Crippen LogP contribution in [-0.2, 0) is 9.47 Å². The number of benzene rings is 2.